The van der Waals surface area contributed by atoms with Crippen molar-refractivity contribution in [1.29, 1.82) is 0 Å². The van der Waals surface area contributed by atoms with E-state index < -0.39 is 0 Å². The number of hydrogen-bond acceptors (Lipinski definition) is 6. The Bertz CT molecular complexity index is 559. The number of ether oxygens (including phenoxy) is 1. The molecule has 0 aliphatic carbocycles. The fourth-order valence-corrected chi connectivity index (χ4v) is 2.21. The minimum Gasteiger partial charge on any atom is -0.418 e. The van der Waals surface area contributed by atoms with Gasteiger partial charge in [-0.1, -0.05) is 6.92 Å². The Morgan fingerprint density at radius 2 is 2.20 bits per heavy atom. The monoisotopic (exact) mass is 274 g/mol. The quantitative estimate of drug-likeness (QED) is 0.919. The van der Waals surface area contributed by atoms with Gasteiger partial charge in [0.15, 0.2) is 0 Å². The fraction of sp³-hybridized carbons (Fsp3) is 0.500. The van der Waals surface area contributed by atoms with Crippen molar-refractivity contribution in [2.24, 2.45) is 5.73 Å². The summed E-state index contributed by atoms with van der Waals surface area (Å²) < 4.78 is 11.3. The maximum Gasteiger partial charge on any atom is 0.249 e. The molecule has 0 aromatic carbocycles. The highest BCUT2D eigenvalue weighted by Crippen LogP contribution is 2.28. The van der Waals surface area contributed by atoms with E-state index in [-0.39, 0.29) is 12.1 Å². The molecule has 0 spiro atoms. The third-order valence-corrected chi connectivity index (χ3v) is 3.46. The summed E-state index contributed by atoms with van der Waals surface area (Å²) >= 11 is 0. The van der Waals surface area contributed by atoms with Gasteiger partial charge >= 0.3 is 0 Å². The normalized spacial score (nSPS) is 22.9. The molecule has 3 rings (SSSR count). The molecule has 0 unspecified atom stereocenters. The zero-order chi connectivity index (χ0) is 13.9. The van der Waals surface area contributed by atoms with Crippen LogP contribution >= 0.6 is 0 Å². The van der Waals surface area contributed by atoms with Crippen LogP contribution in [0.1, 0.15) is 37.5 Å². The van der Waals surface area contributed by atoms with Crippen molar-refractivity contribution in [3.63, 3.8) is 0 Å². The lowest BCUT2D eigenvalue weighted by Crippen LogP contribution is -2.32. The SMILES string of the molecule is CCc1ccc(-c2nnc([C@@H]3CC[C@@H](N)CO3)o2)cn1. The number of aromatic nitrogens is 3. The Labute approximate surface area is 117 Å². The molecule has 2 N–H and O–H groups in total. The molecule has 0 radical (unpaired) electrons. The van der Waals surface area contributed by atoms with Gasteiger partial charge < -0.3 is 14.9 Å². The first-order chi connectivity index (χ1) is 9.76. The Hall–Kier alpha value is -1.79. The number of hydrogen-bond donors (Lipinski definition) is 1. The molecule has 1 aliphatic heterocycles. The van der Waals surface area contributed by atoms with Crippen molar-refractivity contribution in [3.05, 3.63) is 29.9 Å². The van der Waals surface area contributed by atoms with Gasteiger partial charge in [0.25, 0.3) is 0 Å². The van der Waals surface area contributed by atoms with Gasteiger partial charge in [0.1, 0.15) is 6.10 Å². The van der Waals surface area contributed by atoms with E-state index in [1.165, 1.54) is 0 Å². The molecule has 1 saturated heterocycles. The first-order valence-corrected chi connectivity index (χ1v) is 6.92. The average molecular weight is 274 g/mol. The third-order valence-electron chi connectivity index (χ3n) is 3.46. The predicted octanol–water partition coefficient (Wildman–Crippen LogP) is 1.87. The maximum atomic E-state index is 5.80. The number of pyridine rings is 1. The van der Waals surface area contributed by atoms with E-state index in [0.717, 1.165) is 30.5 Å². The third kappa shape index (κ3) is 2.71. The van der Waals surface area contributed by atoms with E-state index in [4.69, 9.17) is 14.9 Å². The molecule has 106 valence electrons. The molecule has 20 heavy (non-hydrogen) atoms. The molecular weight excluding hydrogens is 256 g/mol. The van der Waals surface area contributed by atoms with Gasteiger partial charge in [0.2, 0.25) is 11.8 Å². The van der Waals surface area contributed by atoms with Gasteiger partial charge in [0.05, 0.1) is 12.2 Å². The number of aryl methyl sites for hydroxylation is 1. The van der Waals surface area contributed by atoms with Crippen LogP contribution in [-0.2, 0) is 11.2 Å². The van der Waals surface area contributed by atoms with Crippen LogP contribution < -0.4 is 5.73 Å². The second kappa shape index (κ2) is 5.68. The zero-order valence-electron chi connectivity index (χ0n) is 11.5. The smallest absolute Gasteiger partial charge is 0.249 e. The maximum absolute atomic E-state index is 5.80. The predicted molar refractivity (Wildman–Crippen MR) is 72.8 cm³/mol. The van der Waals surface area contributed by atoms with Gasteiger partial charge in [-0.15, -0.1) is 10.2 Å². The summed E-state index contributed by atoms with van der Waals surface area (Å²) in [5.74, 6) is 1.00. The second-order valence-electron chi connectivity index (χ2n) is 5.00. The summed E-state index contributed by atoms with van der Waals surface area (Å²) in [6.45, 7) is 2.60. The van der Waals surface area contributed by atoms with Crippen LogP contribution in [0.15, 0.2) is 22.7 Å². The van der Waals surface area contributed by atoms with Crippen molar-refractivity contribution in [2.45, 2.75) is 38.3 Å². The Balaban J connectivity index is 1.75. The van der Waals surface area contributed by atoms with E-state index in [1.807, 2.05) is 12.1 Å². The number of rotatable bonds is 3. The standard InChI is InChI=1S/C14H18N4O2/c1-2-11-5-3-9(7-16-11)13-17-18-14(20-13)12-6-4-10(15)8-19-12/h3,5,7,10,12H,2,4,6,8,15H2,1H3/t10-,12+/m1/s1. The minimum absolute atomic E-state index is 0.111. The molecule has 0 bridgehead atoms. The summed E-state index contributed by atoms with van der Waals surface area (Å²) in [7, 11) is 0. The molecule has 6 heteroatoms. The molecule has 0 amide bonds. The van der Waals surface area contributed by atoms with Crippen LogP contribution in [0.4, 0.5) is 0 Å². The summed E-state index contributed by atoms with van der Waals surface area (Å²) in [4.78, 5) is 4.33. The van der Waals surface area contributed by atoms with Crippen LogP contribution in [0, 0.1) is 0 Å². The van der Waals surface area contributed by atoms with Crippen LogP contribution in [0.25, 0.3) is 11.5 Å². The van der Waals surface area contributed by atoms with Crippen LogP contribution in [0.3, 0.4) is 0 Å². The van der Waals surface area contributed by atoms with E-state index >= 15 is 0 Å². The Kier molecular flexibility index (Phi) is 3.75. The highest BCUT2D eigenvalue weighted by molar-refractivity contribution is 5.50. The second-order valence-corrected chi connectivity index (χ2v) is 5.00. The molecule has 3 heterocycles. The van der Waals surface area contributed by atoms with E-state index in [9.17, 15) is 0 Å². The minimum atomic E-state index is -0.140. The summed E-state index contributed by atoms with van der Waals surface area (Å²) in [5.41, 5.74) is 7.67. The molecular formula is C14H18N4O2. The lowest BCUT2D eigenvalue weighted by atomic mass is 10.1. The Morgan fingerprint density at radius 1 is 1.30 bits per heavy atom. The van der Waals surface area contributed by atoms with Gasteiger partial charge in [-0.25, -0.2) is 0 Å². The van der Waals surface area contributed by atoms with E-state index in [1.54, 1.807) is 6.20 Å². The lowest BCUT2D eigenvalue weighted by molar-refractivity contribution is -0.0111. The summed E-state index contributed by atoms with van der Waals surface area (Å²) in [6, 6.07) is 4.02. The highest BCUT2D eigenvalue weighted by atomic mass is 16.5. The topological polar surface area (TPSA) is 87.1 Å². The number of nitrogens with two attached hydrogens (primary N) is 1. The Morgan fingerprint density at radius 3 is 2.85 bits per heavy atom. The molecule has 2 aromatic rings. The highest BCUT2D eigenvalue weighted by Gasteiger charge is 2.25. The van der Waals surface area contributed by atoms with Crippen molar-refractivity contribution in [1.82, 2.24) is 15.2 Å². The van der Waals surface area contributed by atoms with Crippen molar-refractivity contribution >= 4 is 0 Å². The van der Waals surface area contributed by atoms with Crippen LogP contribution in [-0.4, -0.2) is 27.8 Å². The number of nitrogens with zero attached hydrogens (tertiary/aromatic N) is 3. The van der Waals surface area contributed by atoms with E-state index in [2.05, 4.69) is 22.1 Å². The van der Waals surface area contributed by atoms with Crippen molar-refractivity contribution < 1.29 is 9.15 Å². The molecule has 6 nitrogen and oxygen atoms in total. The van der Waals surface area contributed by atoms with Crippen LogP contribution in [0.2, 0.25) is 0 Å². The van der Waals surface area contributed by atoms with Crippen LogP contribution in [0.5, 0.6) is 0 Å². The summed E-state index contributed by atoms with van der Waals surface area (Å²) in [6.07, 6.45) is 4.25. The van der Waals surface area contributed by atoms with Crippen molar-refractivity contribution in [3.8, 4) is 11.5 Å². The summed E-state index contributed by atoms with van der Waals surface area (Å²) in [5, 5.41) is 8.14. The largest absolute Gasteiger partial charge is 0.418 e. The first kappa shape index (κ1) is 13.2. The molecule has 1 fully saturated rings. The van der Waals surface area contributed by atoms with Gasteiger partial charge in [-0.3, -0.25) is 4.98 Å². The fourth-order valence-electron chi connectivity index (χ4n) is 2.21. The zero-order valence-corrected chi connectivity index (χ0v) is 11.5. The molecule has 2 atom stereocenters. The molecule has 2 aromatic heterocycles. The lowest BCUT2D eigenvalue weighted by Gasteiger charge is -2.23. The van der Waals surface area contributed by atoms with Gasteiger partial charge in [-0.05, 0) is 31.4 Å². The van der Waals surface area contributed by atoms with Crippen molar-refractivity contribution in [2.75, 3.05) is 6.61 Å². The van der Waals surface area contributed by atoms with Gasteiger partial charge in [0, 0.05) is 17.9 Å². The van der Waals surface area contributed by atoms with E-state index in [0.29, 0.717) is 18.4 Å². The average Bonchev–Trinajstić information content (AvgIpc) is 2.98. The first-order valence-electron chi connectivity index (χ1n) is 6.92. The van der Waals surface area contributed by atoms with Gasteiger partial charge in [-0.2, -0.15) is 0 Å². The molecule has 1 aliphatic rings. The molecule has 0 saturated carbocycles.